The summed E-state index contributed by atoms with van der Waals surface area (Å²) in [7, 11) is 0. The lowest BCUT2D eigenvalue weighted by Crippen LogP contribution is -2.49. The molecule has 1 fully saturated rings. The second-order valence-electron chi connectivity index (χ2n) is 6.31. The van der Waals surface area contributed by atoms with E-state index in [4.69, 9.17) is 4.52 Å². The number of hydrogen-bond donors (Lipinski definition) is 2. The van der Waals surface area contributed by atoms with Gasteiger partial charge >= 0.3 is 0 Å². The largest absolute Gasteiger partial charge is 0.356 e. The molecule has 6 nitrogen and oxygen atoms in total. The van der Waals surface area contributed by atoms with Gasteiger partial charge in [-0.2, -0.15) is 4.98 Å². The molecule has 0 spiro atoms. The van der Waals surface area contributed by atoms with E-state index in [1.807, 2.05) is 38.1 Å². The maximum absolute atomic E-state index is 12.1. The Labute approximate surface area is 142 Å². The van der Waals surface area contributed by atoms with Crippen LogP contribution in [-0.4, -0.2) is 35.7 Å². The Hall–Kier alpha value is -2.21. The minimum atomic E-state index is 0.0823. The molecule has 128 valence electrons. The first-order valence-electron chi connectivity index (χ1n) is 8.57. The highest BCUT2D eigenvalue weighted by molar-refractivity contribution is 5.78. The monoisotopic (exact) mass is 328 g/mol. The van der Waals surface area contributed by atoms with Crippen LogP contribution in [0.4, 0.5) is 0 Å². The fourth-order valence-corrected chi connectivity index (χ4v) is 2.70. The highest BCUT2D eigenvalue weighted by atomic mass is 16.5. The summed E-state index contributed by atoms with van der Waals surface area (Å²) < 4.78 is 5.24. The van der Waals surface area contributed by atoms with Gasteiger partial charge in [-0.1, -0.05) is 31.1 Å². The molecule has 1 unspecified atom stereocenters. The Balaban J connectivity index is 1.48. The number of rotatable bonds is 7. The van der Waals surface area contributed by atoms with Crippen LogP contribution in [0.2, 0.25) is 0 Å². The van der Waals surface area contributed by atoms with E-state index in [2.05, 4.69) is 20.8 Å². The van der Waals surface area contributed by atoms with Crippen molar-refractivity contribution in [3.8, 4) is 11.5 Å². The van der Waals surface area contributed by atoms with Gasteiger partial charge in [0.1, 0.15) is 0 Å². The zero-order valence-electron chi connectivity index (χ0n) is 14.2. The van der Waals surface area contributed by atoms with Gasteiger partial charge in [-0.25, -0.2) is 0 Å². The van der Waals surface area contributed by atoms with Crippen LogP contribution in [0.3, 0.4) is 0 Å². The summed E-state index contributed by atoms with van der Waals surface area (Å²) in [5.41, 5.74) is 2.09. The molecule has 1 saturated heterocycles. The molecule has 2 N–H and O–H groups in total. The number of benzene rings is 1. The molecule has 24 heavy (non-hydrogen) atoms. The average molecular weight is 328 g/mol. The maximum Gasteiger partial charge on any atom is 0.257 e. The molecular formula is C18H24N4O2. The van der Waals surface area contributed by atoms with Crippen molar-refractivity contribution in [3.05, 3.63) is 35.7 Å². The topological polar surface area (TPSA) is 80.0 Å². The van der Waals surface area contributed by atoms with Gasteiger partial charge in [-0.3, -0.25) is 4.79 Å². The van der Waals surface area contributed by atoms with Crippen molar-refractivity contribution in [2.24, 2.45) is 11.8 Å². The highest BCUT2D eigenvalue weighted by Gasteiger charge is 2.28. The summed E-state index contributed by atoms with van der Waals surface area (Å²) in [6.45, 7) is 6.55. The SMILES string of the molecule is CCc1noc(-c2ccc(CCNC(=O)C(C)C3CNC3)cc2)n1. The molecule has 1 atom stereocenters. The average Bonchev–Trinajstić information content (AvgIpc) is 3.03. The van der Waals surface area contributed by atoms with Crippen molar-refractivity contribution in [3.63, 3.8) is 0 Å². The van der Waals surface area contributed by atoms with Gasteiger partial charge in [-0.05, 0) is 43.1 Å². The predicted octanol–water partition coefficient (Wildman–Crippen LogP) is 1.81. The molecule has 1 aliphatic heterocycles. The van der Waals surface area contributed by atoms with Gasteiger partial charge in [0, 0.05) is 24.4 Å². The van der Waals surface area contributed by atoms with Gasteiger partial charge in [0.05, 0.1) is 0 Å². The lowest BCUT2D eigenvalue weighted by molar-refractivity contribution is -0.126. The summed E-state index contributed by atoms with van der Waals surface area (Å²) in [6, 6.07) is 8.03. The molecule has 0 saturated carbocycles. The fraction of sp³-hybridized carbons (Fsp3) is 0.500. The zero-order valence-corrected chi connectivity index (χ0v) is 14.2. The number of aromatic nitrogens is 2. The molecule has 2 aromatic rings. The van der Waals surface area contributed by atoms with Gasteiger partial charge in [0.2, 0.25) is 5.91 Å². The van der Waals surface area contributed by atoms with Crippen LogP contribution in [-0.2, 0) is 17.6 Å². The molecule has 2 heterocycles. The van der Waals surface area contributed by atoms with Crippen LogP contribution in [0, 0.1) is 11.8 Å². The van der Waals surface area contributed by atoms with Gasteiger partial charge < -0.3 is 15.2 Å². The van der Waals surface area contributed by atoms with Crippen molar-refractivity contribution in [1.82, 2.24) is 20.8 Å². The second kappa shape index (κ2) is 7.57. The predicted molar refractivity (Wildman–Crippen MR) is 91.3 cm³/mol. The Morgan fingerprint density at radius 1 is 1.38 bits per heavy atom. The zero-order chi connectivity index (χ0) is 16.9. The van der Waals surface area contributed by atoms with E-state index in [1.54, 1.807) is 0 Å². The number of amides is 1. The summed E-state index contributed by atoms with van der Waals surface area (Å²) in [5, 5.41) is 10.1. The van der Waals surface area contributed by atoms with Crippen molar-refractivity contribution >= 4 is 5.91 Å². The van der Waals surface area contributed by atoms with Crippen LogP contribution in [0.1, 0.15) is 25.2 Å². The van der Waals surface area contributed by atoms with Crippen LogP contribution in [0.25, 0.3) is 11.5 Å². The lowest BCUT2D eigenvalue weighted by Gasteiger charge is -2.31. The lowest BCUT2D eigenvalue weighted by atomic mass is 9.88. The van der Waals surface area contributed by atoms with E-state index < -0.39 is 0 Å². The van der Waals surface area contributed by atoms with E-state index in [9.17, 15) is 4.79 Å². The van der Waals surface area contributed by atoms with Crippen LogP contribution in [0.5, 0.6) is 0 Å². The molecule has 1 aromatic heterocycles. The quantitative estimate of drug-likeness (QED) is 0.810. The maximum atomic E-state index is 12.1. The Kier molecular flexibility index (Phi) is 5.25. The normalized spacial score (nSPS) is 15.8. The summed E-state index contributed by atoms with van der Waals surface area (Å²) in [6.07, 6.45) is 1.57. The minimum absolute atomic E-state index is 0.0823. The second-order valence-corrected chi connectivity index (χ2v) is 6.31. The first kappa shape index (κ1) is 16.6. The highest BCUT2D eigenvalue weighted by Crippen LogP contribution is 2.18. The molecular weight excluding hydrogens is 304 g/mol. The molecule has 1 amide bonds. The standard InChI is InChI=1S/C18H24N4O2/c1-3-16-21-18(24-22-16)14-6-4-13(5-7-14)8-9-20-17(23)12(2)15-10-19-11-15/h4-7,12,15,19H,3,8-11H2,1-2H3,(H,20,23). The number of nitrogens with one attached hydrogen (secondary N) is 2. The summed E-state index contributed by atoms with van der Waals surface area (Å²) in [4.78, 5) is 16.4. The number of carbonyl (C=O) groups is 1. The fourth-order valence-electron chi connectivity index (χ4n) is 2.70. The molecule has 1 aliphatic rings. The van der Waals surface area contributed by atoms with Gasteiger partial charge in [0.15, 0.2) is 5.82 Å². The third-order valence-corrected chi connectivity index (χ3v) is 4.63. The van der Waals surface area contributed by atoms with E-state index in [1.165, 1.54) is 5.56 Å². The van der Waals surface area contributed by atoms with Crippen LogP contribution < -0.4 is 10.6 Å². The number of hydrogen-bond acceptors (Lipinski definition) is 5. The number of aryl methyl sites for hydroxylation is 1. The summed E-state index contributed by atoms with van der Waals surface area (Å²) >= 11 is 0. The van der Waals surface area contributed by atoms with Crippen molar-refractivity contribution < 1.29 is 9.32 Å². The number of carbonyl (C=O) groups excluding carboxylic acids is 1. The molecule has 0 aliphatic carbocycles. The first-order valence-corrected chi connectivity index (χ1v) is 8.57. The Bertz CT molecular complexity index is 677. The van der Waals surface area contributed by atoms with Crippen LogP contribution in [0.15, 0.2) is 28.8 Å². The van der Waals surface area contributed by atoms with Crippen molar-refractivity contribution in [1.29, 1.82) is 0 Å². The van der Waals surface area contributed by atoms with E-state index >= 15 is 0 Å². The number of nitrogens with zero attached hydrogens (tertiary/aromatic N) is 2. The Morgan fingerprint density at radius 3 is 2.71 bits per heavy atom. The van der Waals surface area contributed by atoms with E-state index in [-0.39, 0.29) is 11.8 Å². The third-order valence-electron chi connectivity index (χ3n) is 4.63. The van der Waals surface area contributed by atoms with Crippen molar-refractivity contribution in [2.45, 2.75) is 26.7 Å². The third kappa shape index (κ3) is 3.82. The molecule has 1 aromatic carbocycles. The van der Waals surface area contributed by atoms with Crippen LogP contribution >= 0.6 is 0 Å². The van der Waals surface area contributed by atoms with Crippen molar-refractivity contribution in [2.75, 3.05) is 19.6 Å². The minimum Gasteiger partial charge on any atom is -0.356 e. The summed E-state index contributed by atoms with van der Waals surface area (Å²) in [5.74, 6) is 1.98. The van der Waals surface area contributed by atoms with E-state index in [0.717, 1.165) is 31.5 Å². The molecule has 0 radical (unpaired) electrons. The van der Waals surface area contributed by atoms with Gasteiger partial charge in [-0.15, -0.1) is 0 Å². The van der Waals surface area contributed by atoms with Gasteiger partial charge in [0.25, 0.3) is 5.89 Å². The smallest absolute Gasteiger partial charge is 0.257 e. The molecule has 6 heteroatoms. The molecule has 0 bridgehead atoms. The first-order chi connectivity index (χ1) is 11.7. The molecule has 3 rings (SSSR count). The Morgan fingerprint density at radius 2 is 2.12 bits per heavy atom. The van der Waals surface area contributed by atoms with E-state index in [0.29, 0.717) is 24.2 Å².